The van der Waals surface area contributed by atoms with E-state index in [4.69, 9.17) is 4.74 Å². The van der Waals surface area contributed by atoms with E-state index in [1.165, 1.54) is 18.4 Å². The smallest absolute Gasteiger partial charge is 0.191 e. The molecule has 0 amide bonds. The van der Waals surface area contributed by atoms with Crippen LogP contribution in [0.2, 0.25) is 0 Å². The van der Waals surface area contributed by atoms with Gasteiger partial charge in [-0.15, -0.1) is 10.2 Å². The number of nitrogens with one attached hydrogen (secondary N) is 2. The van der Waals surface area contributed by atoms with Crippen LogP contribution in [0.1, 0.15) is 37.0 Å². The molecule has 2 heterocycles. The molecule has 0 radical (unpaired) electrons. The van der Waals surface area contributed by atoms with Crippen LogP contribution in [0.15, 0.2) is 29.3 Å². The van der Waals surface area contributed by atoms with Gasteiger partial charge >= 0.3 is 0 Å². The van der Waals surface area contributed by atoms with Crippen LogP contribution >= 0.6 is 0 Å². The van der Waals surface area contributed by atoms with E-state index in [1.54, 1.807) is 7.05 Å². The van der Waals surface area contributed by atoms with Crippen LogP contribution in [0.25, 0.3) is 0 Å². The van der Waals surface area contributed by atoms with Crippen LogP contribution < -0.4 is 15.4 Å². The average Bonchev–Trinajstić information content (AvgIpc) is 3.05. The molecule has 2 N–H and O–H groups in total. The van der Waals surface area contributed by atoms with E-state index < -0.39 is 0 Å². The standard InChI is InChI=1S/C19H28N6O/c1-14-7-6-8-16(11-14)26-15(2)12-21-19(20-3)22-13-18-24-23-17-9-4-5-10-25(17)18/h6-8,11,15H,4-5,9-10,12-13H2,1-3H3,(H2,20,21,22). The van der Waals surface area contributed by atoms with E-state index in [-0.39, 0.29) is 6.10 Å². The SMILES string of the molecule is CN=C(NCc1nnc2n1CCCC2)NCC(C)Oc1cccc(C)c1. The summed E-state index contributed by atoms with van der Waals surface area (Å²) in [6.07, 6.45) is 3.44. The Labute approximate surface area is 154 Å². The molecule has 2 aromatic rings. The summed E-state index contributed by atoms with van der Waals surface area (Å²) in [4.78, 5) is 4.27. The first kappa shape index (κ1) is 18.2. The maximum Gasteiger partial charge on any atom is 0.191 e. The molecule has 0 spiro atoms. The van der Waals surface area contributed by atoms with Crippen molar-refractivity contribution < 1.29 is 4.74 Å². The van der Waals surface area contributed by atoms with Crippen molar-refractivity contribution in [3.05, 3.63) is 41.5 Å². The topological polar surface area (TPSA) is 76.4 Å². The summed E-state index contributed by atoms with van der Waals surface area (Å²) in [5, 5.41) is 15.2. The molecule has 0 bridgehead atoms. The number of nitrogens with zero attached hydrogens (tertiary/aromatic N) is 4. The van der Waals surface area contributed by atoms with Crippen molar-refractivity contribution in [3.8, 4) is 5.75 Å². The minimum absolute atomic E-state index is 0.0243. The summed E-state index contributed by atoms with van der Waals surface area (Å²) in [5.41, 5.74) is 1.19. The van der Waals surface area contributed by atoms with Gasteiger partial charge in [0.15, 0.2) is 11.8 Å². The van der Waals surface area contributed by atoms with E-state index in [0.29, 0.717) is 13.1 Å². The van der Waals surface area contributed by atoms with Gasteiger partial charge in [-0.1, -0.05) is 12.1 Å². The Kier molecular flexibility index (Phi) is 6.09. The Hall–Kier alpha value is -2.57. The average molecular weight is 356 g/mol. The fourth-order valence-corrected chi connectivity index (χ4v) is 3.09. The van der Waals surface area contributed by atoms with Crippen molar-refractivity contribution >= 4 is 5.96 Å². The summed E-state index contributed by atoms with van der Waals surface area (Å²) in [5.74, 6) is 3.68. The Morgan fingerprint density at radius 3 is 3.00 bits per heavy atom. The molecule has 26 heavy (non-hydrogen) atoms. The van der Waals surface area contributed by atoms with Gasteiger partial charge in [0.1, 0.15) is 17.7 Å². The van der Waals surface area contributed by atoms with Gasteiger partial charge in [-0.05, 0) is 44.4 Å². The highest BCUT2D eigenvalue weighted by atomic mass is 16.5. The number of aromatic nitrogens is 3. The van der Waals surface area contributed by atoms with Gasteiger partial charge in [0.2, 0.25) is 0 Å². The first-order valence-corrected chi connectivity index (χ1v) is 9.24. The monoisotopic (exact) mass is 356 g/mol. The van der Waals surface area contributed by atoms with E-state index >= 15 is 0 Å². The second-order valence-corrected chi connectivity index (χ2v) is 6.69. The molecule has 0 saturated carbocycles. The Balaban J connectivity index is 1.46. The summed E-state index contributed by atoms with van der Waals surface area (Å²) >= 11 is 0. The zero-order valence-electron chi connectivity index (χ0n) is 15.8. The molecule has 3 rings (SSSR count). The van der Waals surface area contributed by atoms with Crippen molar-refractivity contribution in [2.75, 3.05) is 13.6 Å². The zero-order valence-corrected chi connectivity index (χ0v) is 15.8. The second kappa shape index (κ2) is 8.69. The summed E-state index contributed by atoms with van der Waals surface area (Å²) in [7, 11) is 1.76. The first-order valence-electron chi connectivity index (χ1n) is 9.24. The fourth-order valence-electron chi connectivity index (χ4n) is 3.09. The molecule has 1 aliphatic heterocycles. The predicted molar refractivity (Wildman–Crippen MR) is 102 cm³/mol. The zero-order chi connectivity index (χ0) is 18.4. The minimum Gasteiger partial charge on any atom is -0.489 e. The summed E-state index contributed by atoms with van der Waals surface area (Å²) in [6.45, 7) is 6.38. The van der Waals surface area contributed by atoms with E-state index in [2.05, 4.69) is 43.4 Å². The molecule has 7 nitrogen and oxygen atoms in total. The third-order valence-electron chi connectivity index (χ3n) is 4.46. The van der Waals surface area contributed by atoms with Crippen LogP contribution in [0.3, 0.4) is 0 Å². The van der Waals surface area contributed by atoms with Crippen molar-refractivity contribution in [3.63, 3.8) is 0 Å². The highest BCUT2D eigenvalue weighted by molar-refractivity contribution is 5.79. The number of benzene rings is 1. The van der Waals surface area contributed by atoms with Gasteiger partial charge in [0, 0.05) is 20.0 Å². The van der Waals surface area contributed by atoms with Crippen molar-refractivity contribution in [1.82, 2.24) is 25.4 Å². The van der Waals surface area contributed by atoms with Gasteiger partial charge in [0.05, 0.1) is 13.1 Å². The van der Waals surface area contributed by atoms with Crippen LogP contribution in [0.4, 0.5) is 0 Å². The first-order chi connectivity index (χ1) is 12.7. The van der Waals surface area contributed by atoms with Gasteiger partial charge in [0.25, 0.3) is 0 Å². The maximum absolute atomic E-state index is 5.94. The lowest BCUT2D eigenvalue weighted by Gasteiger charge is -2.18. The van der Waals surface area contributed by atoms with Crippen LogP contribution in [-0.2, 0) is 19.5 Å². The van der Waals surface area contributed by atoms with E-state index in [1.807, 2.05) is 25.1 Å². The molecule has 0 saturated heterocycles. The molecule has 1 aromatic heterocycles. The van der Waals surface area contributed by atoms with Gasteiger partial charge in [-0.2, -0.15) is 0 Å². The van der Waals surface area contributed by atoms with E-state index in [0.717, 1.165) is 36.3 Å². The number of aliphatic imine (C=N–C) groups is 1. The maximum atomic E-state index is 5.94. The van der Waals surface area contributed by atoms with Crippen LogP contribution in [0.5, 0.6) is 5.75 Å². The number of ether oxygens (including phenoxy) is 1. The minimum atomic E-state index is 0.0243. The lowest BCUT2D eigenvalue weighted by Crippen LogP contribution is -2.41. The van der Waals surface area contributed by atoms with E-state index in [9.17, 15) is 0 Å². The number of hydrogen-bond donors (Lipinski definition) is 2. The number of guanidine groups is 1. The quantitative estimate of drug-likeness (QED) is 0.612. The molecule has 1 aliphatic rings. The third-order valence-corrected chi connectivity index (χ3v) is 4.46. The number of aryl methyl sites for hydroxylation is 2. The molecule has 7 heteroatoms. The highest BCUT2D eigenvalue weighted by Crippen LogP contribution is 2.14. The molecule has 1 atom stereocenters. The molecule has 140 valence electrons. The molecule has 0 aliphatic carbocycles. The molecular weight excluding hydrogens is 328 g/mol. The van der Waals surface area contributed by atoms with Gasteiger partial charge in [-0.25, -0.2) is 0 Å². The normalized spacial score (nSPS) is 15.3. The molecule has 0 fully saturated rings. The van der Waals surface area contributed by atoms with Crippen molar-refractivity contribution in [2.45, 2.75) is 52.3 Å². The lowest BCUT2D eigenvalue weighted by molar-refractivity contribution is 0.223. The highest BCUT2D eigenvalue weighted by Gasteiger charge is 2.15. The predicted octanol–water partition coefficient (Wildman–Crippen LogP) is 2.06. The number of fused-ring (bicyclic) bond motifs is 1. The van der Waals surface area contributed by atoms with Crippen molar-refractivity contribution in [1.29, 1.82) is 0 Å². The van der Waals surface area contributed by atoms with Gasteiger partial charge in [-0.3, -0.25) is 4.99 Å². The molecule has 1 unspecified atom stereocenters. The summed E-state index contributed by atoms with van der Waals surface area (Å²) < 4.78 is 8.16. The summed E-state index contributed by atoms with van der Waals surface area (Å²) in [6, 6.07) is 8.08. The molecule has 1 aromatic carbocycles. The fraction of sp³-hybridized carbons (Fsp3) is 0.526. The van der Waals surface area contributed by atoms with Gasteiger partial charge < -0.3 is 19.9 Å². The molecular formula is C19H28N6O. The number of rotatable bonds is 6. The van der Waals surface area contributed by atoms with Crippen LogP contribution in [0, 0.1) is 6.92 Å². The Morgan fingerprint density at radius 1 is 1.31 bits per heavy atom. The van der Waals surface area contributed by atoms with Crippen LogP contribution in [-0.4, -0.2) is 40.4 Å². The third kappa shape index (κ3) is 4.74. The largest absolute Gasteiger partial charge is 0.489 e. The second-order valence-electron chi connectivity index (χ2n) is 6.69. The van der Waals surface area contributed by atoms with Crippen molar-refractivity contribution in [2.24, 2.45) is 4.99 Å². The Bertz CT molecular complexity index is 754. The number of hydrogen-bond acceptors (Lipinski definition) is 4. The lowest BCUT2D eigenvalue weighted by atomic mass is 10.2. The Morgan fingerprint density at radius 2 is 2.19 bits per heavy atom.